The first-order valence-corrected chi connectivity index (χ1v) is 8.82. The molecule has 1 unspecified atom stereocenters. The molecule has 1 aliphatic rings. The predicted molar refractivity (Wildman–Crippen MR) is 92.3 cm³/mol. The van der Waals surface area contributed by atoms with Crippen LogP contribution in [0.1, 0.15) is 36.5 Å². The average molecular weight is 383 g/mol. The molecule has 2 rings (SSSR count). The van der Waals surface area contributed by atoms with Gasteiger partial charge in [-0.05, 0) is 44.0 Å². The Morgan fingerprint density at radius 2 is 2.09 bits per heavy atom. The van der Waals surface area contributed by atoms with Gasteiger partial charge in [-0.1, -0.05) is 15.9 Å². The van der Waals surface area contributed by atoms with Gasteiger partial charge in [-0.2, -0.15) is 0 Å². The normalized spacial score (nSPS) is 17.8. The van der Waals surface area contributed by atoms with Gasteiger partial charge in [0.05, 0.1) is 6.10 Å². The van der Waals surface area contributed by atoms with Crippen LogP contribution in [-0.4, -0.2) is 49.1 Å². The van der Waals surface area contributed by atoms with Crippen LogP contribution in [0.3, 0.4) is 0 Å². The fraction of sp³-hybridized carbons (Fsp3) is 0.529. The molecule has 0 aromatic heterocycles. The van der Waals surface area contributed by atoms with Crippen molar-refractivity contribution in [3.05, 3.63) is 34.3 Å². The lowest BCUT2D eigenvalue weighted by atomic mass is 10.1. The highest BCUT2D eigenvalue weighted by Gasteiger charge is 2.23. The number of hydrogen-bond acceptors (Lipinski definition) is 3. The van der Waals surface area contributed by atoms with Crippen molar-refractivity contribution < 1.29 is 14.3 Å². The molecule has 1 heterocycles. The minimum Gasteiger partial charge on any atom is -0.377 e. The number of halogens is 1. The topological polar surface area (TPSA) is 58.6 Å². The lowest BCUT2D eigenvalue weighted by Gasteiger charge is -2.32. The van der Waals surface area contributed by atoms with Crippen LogP contribution in [0, 0.1) is 0 Å². The lowest BCUT2D eigenvalue weighted by Crippen LogP contribution is -2.44. The maximum atomic E-state index is 12.2. The van der Waals surface area contributed by atoms with Crippen molar-refractivity contribution in [1.29, 1.82) is 0 Å². The number of hydrogen-bond donors (Lipinski definition) is 1. The van der Waals surface area contributed by atoms with Crippen molar-refractivity contribution in [2.75, 3.05) is 26.2 Å². The maximum Gasteiger partial charge on any atom is 0.251 e. The van der Waals surface area contributed by atoms with Gasteiger partial charge >= 0.3 is 0 Å². The first kappa shape index (κ1) is 17.9. The monoisotopic (exact) mass is 382 g/mol. The summed E-state index contributed by atoms with van der Waals surface area (Å²) in [7, 11) is 0. The third-order valence-electron chi connectivity index (χ3n) is 3.86. The van der Waals surface area contributed by atoms with Gasteiger partial charge in [0.2, 0.25) is 5.91 Å². The van der Waals surface area contributed by atoms with Crippen LogP contribution in [0.15, 0.2) is 28.7 Å². The van der Waals surface area contributed by atoms with Crippen LogP contribution in [0.4, 0.5) is 0 Å². The van der Waals surface area contributed by atoms with E-state index in [-0.39, 0.29) is 17.9 Å². The summed E-state index contributed by atoms with van der Waals surface area (Å²) in [6.07, 6.45) is 2.45. The molecule has 0 radical (unpaired) electrons. The molecular formula is C17H23BrN2O3. The quantitative estimate of drug-likeness (QED) is 0.822. The standard InChI is InChI=1S/C17H23BrN2O3/c1-2-23-15-4-3-11-20(12-15)16(21)9-10-19-17(22)13-5-7-14(18)8-6-13/h5-8,15H,2-4,9-12H2,1H3,(H,19,22). The number of ether oxygens (including phenoxy) is 1. The number of rotatable bonds is 6. The third-order valence-corrected chi connectivity index (χ3v) is 4.39. The van der Waals surface area contributed by atoms with Crippen molar-refractivity contribution in [3.63, 3.8) is 0 Å². The van der Waals surface area contributed by atoms with Crippen molar-refractivity contribution in [3.8, 4) is 0 Å². The molecule has 2 amide bonds. The Kier molecular flexibility index (Phi) is 7.05. The van der Waals surface area contributed by atoms with Crippen LogP contribution in [0.5, 0.6) is 0 Å². The van der Waals surface area contributed by atoms with Gasteiger partial charge in [-0.25, -0.2) is 0 Å². The van der Waals surface area contributed by atoms with Crippen molar-refractivity contribution >= 4 is 27.7 Å². The second-order valence-electron chi connectivity index (χ2n) is 5.57. The number of carbonyl (C=O) groups is 2. The number of piperidine rings is 1. The zero-order valence-electron chi connectivity index (χ0n) is 13.4. The van der Waals surface area contributed by atoms with E-state index in [1.54, 1.807) is 12.1 Å². The summed E-state index contributed by atoms with van der Waals surface area (Å²) in [4.78, 5) is 26.0. The zero-order valence-corrected chi connectivity index (χ0v) is 15.0. The molecule has 0 spiro atoms. The molecule has 23 heavy (non-hydrogen) atoms. The first-order valence-electron chi connectivity index (χ1n) is 8.03. The predicted octanol–water partition coefficient (Wildman–Crippen LogP) is 2.60. The van der Waals surface area contributed by atoms with E-state index in [1.165, 1.54) is 0 Å². The number of nitrogens with zero attached hydrogens (tertiary/aromatic N) is 1. The molecular weight excluding hydrogens is 360 g/mol. The summed E-state index contributed by atoms with van der Waals surface area (Å²) in [5.41, 5.74) is 0.593. The van der Waals surface area contributed by atoms with E-state index < -0.39 is 0 Å². The van der Waals surface area contributed by atoms with E-state index in [4.69, 9.17) is 4.74 Å². The molecule has 126 valence electrons. The van der Waals surface area contributed by atoms with Crippen LogP contribution < -0.4 is 5.32 Å². The van der Waals surface area contributed by atoms with Crippen LogP contribution in [0.2, 0.25) is 0 Å². The van der Waals surface area contributed by atoms with Crippen LogP contribution in [-0.2, 0) is 9.53 Å². The molecule has 0 saturated carbocycles. The molecule has 1 saturated heterocycles. The van der Waals surface area contributed by atoms with Gasteiger partial charge in [0.15, 0.2) is 0 Å². The minimum absolute atomic E-state index is 0.0745. The van der Waals surface area contributed by atoms with Crippen LogP contribution in [0.25, 0.3) is 0 Å². The Balaban J connectivity index is 1.73. The molecule has 0 aliphatic carbocycles. The summed E-state index contributed by atoms with van der Waals surface area (Å²) in [6, 6.07) is 7.14. The molecule has 1 atom stereocenters. The second-order valence-corrected chi connectivity index (χ2v) is 6.49. The highest BCUT2D eigenvalue weighted by molar-refractivity contribution is 9.10. The molecule has 1 aromatic rings. The number of benzene rings is 1. The first-order chi connectivity index (χ1) is 11.1. The summed E-state index contributed by atoms with van der Waals surface area (Å²) in [5.74, 6) is -0.0818. The molecule has 1 aromatic carbocycles. The highest BCUT2D eigenvalue weighted by atomic mass is 79.9. The van der Waals surface area contributed by atoms with E-state index in [0.717, 1.165) is 23.9 Å². The molecule has 0 bridgehead atoms. The summed E-state index contributed by atoms with van der Waals surface area (Å²) < 4.78 is 6.53. The molecule has 1 fully saturated rings. The van der Waals surface area contributed by atoms with E-state index in [0.29, 0.717) is 31.7 Å². The Bertz CT molecular complexity index is 531. The number of likely N-dealkylation sites (tertiary alicyclic amines) is 1. The Labute approximate surface area is 145 Å². The van der Waals surface area contributed by atoms with E-state index in [9.17, 15) is 9.59 Å². The third kappa shape index (κ3) is 5.62. The minimum atomic E-state index is -0.156. The number of carbonyl (C=O) groups excluding carboxylic acids is 2. The van der Waals surface area contributed by atoms with Gasteiger partial charge in [0, 0.05) is 42.7 Å². The number of nitrogens with one attached hydrogen (secondary N) is 1. The molecule has 1 N–H and O–H groups in total. The summed E-state index contributed by atoms with van der Waals surface area (Å²) >= 11 is 3.33. The Morgan fingerprint density at radius 1 is 1.35 bits per heavy atom. The summed E-state index contributed by atoms with van der Waals surface area (Å²) in [5, 5.41) is 2.79. The molecule has 1 aliphatic heterocycles. The van der Waals surface area contributed by atoms with Gasteiger partial charge in [-0.15, -0.1) is 0 Å². The Hall–Kier alpha value is -1.40. The van der Waals surface area contributed by atoms with Gasteiger partial charge in [0.1, 0.15) is 0 Å². The van der Waals surface area contributed by atoms with Crippen molar-refractivity contribution in [2.45, 2.75) is 32.3 Å². The largest absolute Gasteiger partial charge is 0.377 e. The van der Waals surface area contributed by atoms with Gasteiger partial charge in [-0.3, -0.25) is 9.59 Å². The SMILES string of the molecule is CCOC1CCCN(C(=O)CCNC(=O)c2ccc(Br)cc2)C1. The van der Waals surface area contributed by atoms with E-state index in [1.807, 2.05) is 24.0 Å². The second kappa shape index (κ2) is 9.03. The van der Waals surface area contributed by atoms with Crippen molar-refractivity contribution in [1.82, 2.24) is 10.2 Å². The fourth-order valence-corrected chi connectivity index (χ4v) is 2.95. The lowest BCUT2D eigenvalue weighted by molar-refractivity contribution is -0.135. The zero-order chi connectivity index (χ0) is 16.7. The van der Waals surface area contributed by atoms with Gasteiger partial charge < -0.3 is 15.0 Å². The molecule has 5 nitrogen and oxygen atoms in total. The van der Waals surface area contributed by atoms with E-state index in [2.05, 4.69) is 21.2 Å². The Morgan fingerprint density at radius 3 is 2.78 bits per heavy atom. The van der Waals surface area contributed by atoms with E-state index >= 15 is 0 Å². The van der Waals surface area contributed by atoms with Crippen LogP contribution >= 0.6 is 15.9 Å². The average Bonchev–Trinajstić information content (AvgIpc) is 2.56. The smallest absolute Gasteiger partial charge is 0.251 e. The van der Waals surface area contributed by atoms with Crippen molar-refractivity contribution in [2.24, 2.45) is 0 Å². The summed E-state index contributed by atoms with van der Waals surface area (Å²) in [6.45, 7) is 4.44. The highest BCUT2D eigenvalue weighted by Crippen LogP contribution is 2.14. The fourth-order valence-electron chi connectivity index (χ4n) is 2.68. The maximum absolute atomic E-state index is 12.2. The van der Waals surface area contributed by atoms with Gasteiger partial charge in [0.25, 0.3) is 5.91 Å². The number of amides is 2. The molecule has 6 heteroatoms.